The summed E-state index contributed by atoms with van der Waals surface area (Å²) in [5, 5.41) is 3.36. The van der Waals surface area contributed by atoms with Gasteiger partial charge in [-0.3, -0.25) is 0 Å². The Labute approximate surface area is 115 Å². The molecule has 106 valence electrons. The highest BCUT2D eigenvalue weighted by molar-refractivity contribution is 7.89. The van der Waals surface area contributed by atoms with E-state index in [0.717, 1.165) is 25.3 Å². The Bertz CT molecular complexity index is 530. The van der Waals surface area contributed by atoms with Crippen molar-refractivity contribution >= 4 is 15.7 Å². The highest BCUT2D eigenvalue weighted by Gasteiger charge is 2.23. The maximum atomic E-state index is 12.2. The van der Waals surface area contributed by atoms with Gasteiger partial charge in [-0.05, 0) is 19.1 Å². The number of benzene rings is 1. The Kier molecular flexibility index (Phi) is 4.44. The monoisotopic (exact) mass is 283 g/mol. The highest BCUT2D eigenvalue weighted by atomic mass is 32.2. The van der Waals surface area contributed by atoms with Crippen LogP contribution in [0.1, 0.15) is 13.8 Å². The van der Waals surface area contributed by atoms with E-state index in [-0.39, 0.29) is 0 Å². The summed E-state index contributed by atoms with van der Waals surface area (Å²) in [6.07, 6.45) is 0. The average molecular weight is 283 g/mol. The summed E-state index contributed by atoms with van der Waals surface area (Å²) in [7, 11) is -3.42. The first-order valence-corrected chi connectivity index (χ1v) is 8.10. The predicted molar refractivity (Wildman–Crippen MR) is 77.0 cm³/mol. The molecular formula is C13H21N3O2S. The summed E-state index contributed by atoms with van der Waals surface area (Å²) in [5.74, 6) is 0. The van der Waals surface area contributed by atoms with Gasteiger partial charge in [0, 0.05) is 32.2 Å². The van der Waals surface area contributed by atoms with Gasteiger partial charge in [-0.2, -0.15) is 0 Å². The largest absolute Gasteiger partial charge is 0.368 e. The molecule has 1 atom stereocenters. The third-order valence-electron chi connectivity index (χ3n) is 3.20. The average Bonchev–Trinajstić information content (AvgIpc) is 2.39. The first kappa shape index (κ1) is 14.3. The van der Waals surface area contributed by atoms with Crippen molar-refractivity contribution in [1.29, 1.82) is 0 Å². The molecule has 0 amide bonds. The molecule has 1 aromatic carbocycles. The standard InChI is InChI=1S/C13H21N3O2S/c1-3-15-19(17,18)13-7-5-4-6-12(13)16-9-8-14-11(2)10-16/h4-7,11,14-15H,3,8-10H2,1-2H3. The topological polar surface area (TPSA) is 61.4 Å². The number of nitrogens with zero attached hydrogens (tertiary/aromatic N) is 1. The normalized spacial score (nSPS) is 20.5. The van der Waals surface area contributed by atoms with Crippen molar-refractivity contribution in [2.45, 2.75) is 24.8 Å². The van der Waals surface area contributed by atoms with Crippen LogP contribution in [0.5, 0.6) is 0 Å². The number of piperazine rings is 1. The molecule has 1 heterocycles. The van der Waals surface area contributed by atoms with Crippen LogP contribution in [0.4, 0.5) is 5.69 Å². The van der Waals surface area contributed by atoms with E-state index in [2.05, 4.69) is 21.9 Å². The Morgan fingerprint density at radius 1 is 1.42 bits per heavy atom. The van der Waals surface area contributed by atoms with E-state index >= 15 is 0 Å². The van der Waals surface area contributed by atoms with Crippen LogP contribution < -0.4 is 14.9 Å². The van der Waals surface area contributed by atoms with E-state index in [0.29, 0.717) is 17.5 Å². The second kappa shape index (κ2) is 5.90. The quantitative estimate of drug-likeness (QED) is 0.857. The van der Waals surface area contributed by atoms with Gasteiger partial charge in [0.1, 0.15) is 4.90 Å². The maximum absolute atomic E-state index is 12.2. The van der Waals surface area contributed by atoms with E-state index in [1.165, 1.54) is 0 Å². The molecule has 0 aromatic heterocycles. The van der Waals surface area contributed by atoms with Gasteiger partial charge >= 0.3 is 0 Å². The van der Waals surface area contributed by atoms with Gasteiger partial charge < -0.3 is 10.2 Å². The lowest BCUT2D eigenvalue weighted by molar-refractivity contribution is 0.482. The second-order valence-electron chi connectivity index (χ2n) is 4.77. The van der Waals surface area contributed by atoms with Crippen LogP contribution in [0.25, 0.3) is 0 Å². The summed E-state index contributed by atoms with van der Waals surface area (Å²) in [5.41, 5.74) is 0.789. The van der Waals surface area contributed by atoms with E-state index in [9.17, 15) is 8.42 Å². The number of nitrogens with one attached hydrogen (secondary N) is 2. The molecule has 6 heteroatoms. The van der Waals surface area contributed by atoms with Crippen molar-refractivity contribution in [2.24, 2.45) is 0 Å². The lowest BCUT2D eigenvalue weighted by Gasteiger charge is -2.34. The smallest absolute Gasteiger partial charge is 0.242 e. The molecular weight excluding hydrogens is 262 g/mol. The minimum Gasteiger partial charge on any atom is -0.368 e. The number of hydrogen-bond donors (Lipinski definition) is 2. The van der Waals surface area contributed by atoms with Crippen molar-refractivity contribution in [1.82, 2.24) is 10.0 Å². The number of anilines is 1. The lowest BCUT2D eigenvalue weighted by atomic mass is 10.2. The second-order valence-corrected chi connectivity index (χ2v) is 6.51. The fraction of sp³-hybridized carbons (Fsp3) is 0.538. The van der Waals surface area contributed by atoms with Crippen molar-refractivity contribution in [3.63, 3.8) is 0 Å². The third kappa shape index (κ3) is 3.26. The fourth-order valence-electron chi connectivity index (χ4n) is 2.36. The van der Waals surface area contributed by atoms with Crippen molar-refractivity contribution in [2.75, 3.05) is 31.1 Å². The number of sulfonamides is 1. The molecule has 0 radical (unpaired) electrons. The summed E-state index contributed by atoms with van der Waals surface area (Å²) >= 11 is 0. The first-order chi connectivity index (χ1) is 9.04. The summed E-state index contributed by atoms with van der Waals surface area (Å²) < 4.78 is 27.0. The van der Waals surface area contributed by atoms with E-state index in [1.54, 1.807) is 19.1 Å². The van der Waals surface area contributed by atoms with Crippen molar-refractivity contribution in [3.8, 4) is 0 Å². The zero-order chi connectivity index (χ0) is 13.9. The summed E-state index contributed by atoms with van der Waals surface area (Å²) in [6.45, 7) is 6.80. The highest BCUT2D eigenvalue weighted by Crippen LogP contribution is 2.25. The Morgan fingerprint density at radius 2 is 2.16 bits per heavy atom. The van der Waals surface area contributed by atoms with Gasteiger partial charge in [0.25, 0.3) is 0 Å². The molecule has 5 nitrogen and oxygen atoms in total. The molecule has 0 bridgehead atoms. The lowest BCUT2D eigenvalue weighted by Crippen LogP contribution is -2.49. The molecule has 2 N–H and O–H groups in total. The minimum absolute atomic E-state index is 0.364. The molecule has 1 aliphatic rings. The molecule has 2 rings (SSSR count). The molecule has 1 saturated heterocycles. The van der Waals surface area contributed by atoms with Crippen LogP contribution >= 0.6 is 0 Å². The molecule has 1 unspecified atom stereocenters. The number of para-hydroxylation sites is 1. The zero-order valence-corrected chi connectivity index (χ0v) is 12.2. The molecule has 19 heavy (non-hydrogen) atoms. The van der Waals surface area contributed by atoms with Gasteiger partial charge in [-0.1, -0.05) is 19.1 Å². The minimum atomic E-state index is -3.42. The number of hydrogen-bond acceptors (Lipinski definition) is 4. The van der Waals surface area contributed by atoms with E-state index < -0.39 is 10.0 Å². The zero-order valence-electron chi connectivity index (χ0n) is 11.4. The van der Waals surface area contributed by atoms with Crippen LogP contribution in [0, 0.1) is 0 Å². The number of rotatable bonds is 4. The Morgan fingerprint density at radius 3 is 2.84 bits per heavy atom. The molecule has 0 saturated carbocycles. The SMILES string of the molecule is CCNS(=O)(=O)c1ccccc1N1CCNC(C)C1. The van der Waals surface area contributed by atoms with Crippen LogP contribution in [0.3, 0.4) is 0 Å². The van der Waals surface area contributed by atoms with Crippen molar-refractivity contribution in [3.05, 3.63) is 24.3 Å². The third-order valence-corrected chi connectivity index (χ3v) is 4.79. The molecule has 1 aromatic rings. The molecule has 0 aliphatic carbocycles. The Balaban J connectivity index is 2.36. The van der Waals surface area contributed by atoms with Gasteiger partial charge in [0.15, 0.2) is 0 Å². The first-order valence-electron chi connectivity index (χ1n) is 6.61. The summed E-state index contributed by atoms with van der Waals surface area (Å²) in [6, 6.07) is 7.55. The van der Waals surface area contributed by atoms with Gasteiger partial charge in [0.2, 0.25) is 10.0 Å². The van der Waals surface area contributed by atoms with Gasteiger partial charge in [-0.15, -0.1) is 0 Å². The molecule has 1 aliphatic heterocycles. The van der Waals surface area contributed by atoms with Crippen LogP contribution in [-0.4, -0.2) is 40.6 Å². The van der Waals surface area contributed by atoms with Crippen molar-refractivity contribution < 1.29 is 8.42 Å². The predicted octanol–water partition coefficient (Wildman–Crippen LogP) is 0.783. The van der Waals surface area contributed by atoms with Gasteiger partial charge in [0.05, 0.1) is 5.69 Å². The van der Waals surface area contributed by atoms with Crippen LogP contribution in [-0.2, 0) is 10.0 Å². The fourth-order valence-corrected chi connectivity index (χ4v) is 3.63. The van der Waals surface area contributed by atoms with Crippen LogP contribution in [0.2, 0.25) is 0 Å². The molecule has 1 fully saturated rings. The Hall–Kier alpha value is -1.11. The summed E-state index contributed by atoms with van der Waals surface area (Å²) in [4.78, 5) is 2.50. The molecule has 0 spiro atoms. The van der Waals surface area contributed by atoms with Crippen LogP contribution in [0.15, 0.2) is 29.2 Å². The maximum Gasteiger partial charge on any atom is 0.242 e. The van der Waals surface area contributed by atoms with Gasteiger partial charge in [-0.25, -0.2) is 13.1 Å². The van der Waals surface area contributed by atoms with E-state index in [4.69, 9.17) is 0 Å². The van der Waals surface area contributed by atoms with E-state index in [1.807, 2.05) is 12.1 Å².